The molecule has 4 amide bonds. The summed E-state index contributed by atoms with van der Waals surface area (Å²) >= 11 is 0. The molecule has 0 saturated carbocycles. The Kier molecular flexibility index (Phi) is 12.1. The summed E-state index contributed by atoms with van der Waals surface area (Å²) in [5, 5.41) is 8.74. The van der Waals surface area contributed by atoms with E-state index in [2.05, 4.69) is 34.7 Å². The highest BCUT2D eigenvalue weighted by Gasteiger charge is 2.33. The van der Waals surface area contributed by atoms with Gasteiger partial charge in [0.1, 0.15) is 24.4 Å². The Morgan fingerprint density at radius 2 is 1.66 bits per heavy atom. The van der Waals surface area contributed by atoms with Gasteiger partial charge >= 0.3 is 0 Å². The summed E-state index contributed by atoms with van der Waals surface area (Å²) in [6.45, 7) is 7.86. The van der Waals surface area contributed by atoms with Crippen LogP contribution in [0.15, 0.2) is 54.6 Å². The third-order valence-electron chi connectivity index (χ3n) is 7.90. The summed E-state index contributed by atoms with van der Waals surface area (Å²) in [6, 6.07) is 13.9. The molecule has 2 aliphatic heterocycles. The van der Waals surface area contributed by atoms with Crippen LogP contribution in [0.4, 0.5) is 0 Å². The lowest BCUT2D eigenvalue weighted by Crippen LogP contribution is -2.57. The van der Waals surface area contributed by atoms with Crippen LogP contribution < -0.4 is 20.7 Å². The molecule has 4 rings (SSSR count). The maximum Gasteiger partial charge on any atom is 0.255 e. The number of methoxy groups -OCH3 is 1. The van der Waals surface area contributed by atoms with E-state index in [1.54, 1.807) is 36.3 Å². The minimum absolute atomic E-state index is 0.135. The SMILES string of the molecule is COCCN1CCN(C(=O)[C@@H]2CC(=O)N[C@H](Cc3ccccc3)C(=O)N[C@H](CC(C)C)COc3ccccc3C(=O)N2)CC1. The number of piperazine rings is 1. The number of carbonyl (C=O) groups excluding carboxylic acids is 4. The van der Waals surface area contributed by atoms with Crippen LogP contribution in [-0.4, -0.2) is 105 Å². The van der Waals surface area contributed by atoms with Crippen LogP contribution in [0.2, 0.25) is 0 Å². The number of fused-ring (bicyclic) bond motifs is 1. The van der Waals surface area contributed by atoms with Crippen LogP contribution in [0.3, 0.4) is 0 Å². The van der Waals surface area contributed by atoms with Gasteiger partial charge < -0.3 is 30.3 Å². The summed E-state index contributed by atoms with van der Waals surface area (Å²) in [6.07, 6.45) is 0.595. The van der Waals surface area contributed by atoms with Crippen molar-refractivity contribution in [2.24, 2.45) is 5.92 Å². The monoisotopic (exact) mass is 607 g/mol. The van der Waals surface area contributed by atoms with Crippen LogP contribution in [0.1, 0.15) is 42.6 Å². The minimum Gasteiger partial charge on any atom is -0.491 e. The van der Waals surface area contributed by atoms with Gasteiger partial charge in [0, 0.05) is 46.3 Å². The number of hydrogen-bond acceptors (Lipinski definition) is 7. The molecule has 0 spiro atoms. The van der Waals surface area contributed by atoms with Crippen molar-refractivity contribution >= 4 is 23.6 Å². The van der Waals surface area contributed by atoms with Gasteiger partial charge in [0.2, 0.25) is 17.7 Å². The van der Waals surface area contributed by atoms with Crippen LogP contribution in [0.5, 0.6) is 5.75 Å². The fraction of sp³-hybridized carbons (Fsp3) is 0.515. The van der Waals surface area contributed by atoms with Gasteiger partial charge in [-0.15, -0.1) is 0 Å². The van der Waals surface area contributed by atoms with Crippen LogP contribution >= 0.6 is 0 Å². The normalized spacial score (nSPS) is 22.2. The molecule has 2 aromatic rings. The number of benzene rings is 2. The number of ether oxygens (including phenoxy) is 2. The first-order chi connectivity index (χ1) is 21.2. The van der Waals surface area contributed by atoms with E-state index < -0.39 is 23.9 Å². The first-order valence-electron chi connectivity index (χ1n) is 15.4. The number of nitrogens with zero attached hydrogens (tertiary/aromatic N) is 2. The van der Waals surface area contributed by atoms with Gasteiger partial charge in [-0.05, 0) is 30.0 Å². The number of nitrogens with one attached hydrogen (secondary N) is 3. The van der Waals surface area contributed by atoms with Crippen molar-refractivity contribution in [2.75, 3.05) is 53.0 Å². The standard InChI is InChI=1S/C33H45N5O6/c1-23(2)19-25-22-44-29-12-8-7-11-26(29)31(40)36-28(33(42)38-15-13-37(14-16-38)17-18-43-3)21-30(39)35-27(32(41)34-25)20-24-9-5-4-6-10-24/h4-12,23,25,27-28H,13-22H2,1-3H3,(H,34,41)(H,35,39)(H,36,40)/t25-,27-,28+/m1/s1. The highest BCUT2D eigenvalue weighted by Crippen LogP contribution is 2.20. The van der Waals surface area contributed by atoms with Crippen molar-refractivity contribution in [3.63, 3.8) is 0 Å². The molecule has 0 aromatic heterocycles. The summed E-state index contributed by atoms with van der Waals surface area (Å²) in [4.78, 5) is 58.4. The van der Waals surface area contributed by atoms with E-state index in [0.717, 1.165) is 12.1 Å². The molecule has 0 aliphatic carbocycles. The molecule has 238 valence electrons. The number of carbonyl (C=O) groups is 4. The topological polar surface area (TPSA) is 129 Å². The number of hydrogen-bond donors (Lipinski definition) is 3. The van der Waals surface area contributed by atoms with Crippen LogP contribution in [-0.2, 0) is 25.5 Å². The largest absolute Gasteiger partial charge is 0.491 e. The lowest BCUT2D eigenvalue weighted by atomic mass is 10.0. The molecule has 1 saturated heterocycles. The molecule has 2 aliphatic rings. The zero-order chi connectivity index (χ0) is 31.5. The van der Waals surface area contributed by atoms with Crippen molar-refractivity contribution in [2.45, 2.75) is 51.2 Å². The zero-order valence-corrected chi connectivity index (χ0v) is 25.9. The molecule has 44 heavy (non-hydrogen) atoms. The Labute approximate surface area is 259 Å². The maximum absolute atomic E-state index is 13.8. The van der Waals surface area contributed by atoms with Gasteiger partial charge in [0.05, 0.1) is 24.6 Å². The van der Waals surface area contributed by atoms with Crippen LogP contribution in [0, 0.1) is 5.92 Å². The van der Waals surface area contributed by atoms with Gasteiger partial charge in [0.15, 0.2) is 0 Å². The third kappa shape index (κ3) is 9.52. The van der Waals surface area contributed by atoms with Crippen molar-refractivity contribution in [3.05, 3.63) is 65.7 Å². The number of para-hydroxylation sites is 1. The van der Waals surface area contributed by atoms with Gasteiger partial charge in [0.25, 0.3) is 5.91 Å². The molecule has 11 heteroatoms. The molecule has 11 nitrogen and oxygen atoms in total. The average Bonchev–Trinajstić information content (AvgIpc) is 3.01. The molecule has 0 unspecified atom stereocenters. The first-order valence-corrected chi connectivity index (χ1v) is 15.4. The summed E-state index contributed by atoms with van der Waals surface area (Å²) in [5.74, 6) is -1.08. The lowest BCUT2D eigenvalue weighted by molar-refractivity contribution is -0.137. The molecule has 1 fully saturated rings. The van der Waals surface area contributed by atoms with E-state index in [9.17, 15) is 19.2 Å². The van der Waals surface area contributed by atoms with Gasteiger partial charge in [-0.2, -0.15) is 0 Å². The molecule has 3 atom stereocenters. The average molecular weight is 608 g/mol. The Morgan fingerprint density at radius 1 is 0.955 bits per heavy atom. The Hall–Kier alpha value is -3.96. The van der Waals surface area contributed by atoms with E-state index >= 15 is 0 Å². The Balaban J connectivity index is 1.61. The van der Waals surface area contributed by atoms with Gasteiger partial charge in [-0.3, -0.25) is 24.1 Å². The number of amides is 4. The summed E-state index contributed by atoms with van der Waals surface area (Å²) < 4.78 is 11.3. The first kappa shape index (κ1) is 32.9. The lowest BCUT2D eigenvalue weighted by Gasteiger charge is -2.36. The fourth-order valence-corrected chi connectivity index (χ4v) is 5.58. The summed E-state index contributed by atoms with van der Waals surface area (Å²) in [7, 11) is 1.65. The molecule has 0 radical (unpaired) electrons. The second-order valence-electron chi connectivity index (χ2n) is 11.8. The second-order valence-corrected chi connectivity index (χ2v) is 11.8. The predicted molar refractivity (Wildman–Crippen MR) is 166 cm³/mol. The van der Waals surface area contributed by atoms with Gasteiger partial charge in [-0.25, -0.2) is 0 Å². The van der Waals surface area contributed by atoms with Crippen LogP contribution in [0.25, 0.3) is 0 Å². The van der Waals surface area contributed by atoms with Crippen molar-refractivity contribution < 1.29 is 28.7 Å². The highest BCUT2D eigenvalue weighted by molar-refractivity contribution is 6.01. The molecule has 2 heterocycles. The molecule has 0 bridgehead atoms. The molecular formula is C33H45N5O6. The van der Waals surface area contributed by atoms with E-state index in [0.29, 0.717) is 45.0 Å². The number of rotatable bonds is 8. The predicted octanol–water partition coefficient (Wildman–Crippen LogP) is 1.62. The Morgan fingerprint density at radius 3 is 2.36 bits per heavy atom. The van der Waals surface area contributed by atoms with E-state index in [1.165, 1.54) is 0 Å². The maximum atomic E-state index is 13.8. The highest BCUT2D eigenvalue weighted by atomic mass is 16.5. The smallest absolute Gasteiger partial charge is 0.255 e. The van der Waals surface area contributed by atoms with E-state index in [1.807, 2.05) is 30.3 Å². The Bertz CT molecular complexity index is 1260. The van der Waals surface area contributed by atoms with E-state index in [-0.39, 0.29) is 48.8 Å². The quantitative estimate of drug-likeness (QED) is 0.416. The third-order valence-corrected chi connectivity index (χ3v) is 7.90. The van der Waals surface area contributed by atoms with Gasteiger partial charge in [-0.1, -0.05) is 56.3 Å². The minimum atomic E-state index is -1.13. The van der Waals surface area contributed by atoms with Crippen molar-refractivity contribution in [3.8, 4) is 5.75 Å². The summed E-state index contributed by atoms with van der Waals surface area (Å²) in [5.41, 5.74) is 1.13. The van der Waals surface area contributed by atoms with Crippen molar-refractivity contribution in [1.82, 2.24) is 25.8 Å². The zero-order valence-electron chi connectivity index (χ0n) is 25.9. The fourth-order valence-electron chi connectivity index (χ4n) is 5.58. The van der Waals surface area contributed by atoms with E-state index in [4.69, 9.17) is 9.47 Å². The molecular weight excluding hydrogens is 562 g/mol. The van der Waals surface area contributed by atoms with Crippen molar-refractivity contribution in [1.29, 1.82) is 0 Å². The molecule has 3 N–H and O–H groups in total. The second kappa shape index (κ2) is 16.2. The molecule has 2 aromatic carbocycles.